The molecule has 0 radical (unpaired) electrons. The fourth-order valence-corrected chi connectivity index (χ4v) is 1.62. The molecule has 0 bridgehead atoms. The Hall–Kier alpha value is -1.69. The molecule has 0 aliphatic heterocycles. The van der Waals surface area contributed by atoms with Crippen molar-refractivity contribution in [2.75, 3.05) is 11.9 Å². The summed E-state index contributed by atoms with van der Waals surface area (Å²) in [5.74, 6) is 1.40. The Labute approximate surface area is 123 Å². The largest absolute Gasteiger partial charge is 0.354 e. The lowest BCUT2D eigenvalue weighted by Gasteiger charge is -2.27. The van der Waals surface area contributed by atoms with Gasteiger partial charge in [0.15, 0.2) is 0 Å². The smallest absolute Gasteiger partial charge is 0.241 e. The van der Waals surface area contributed by atoms with Crippen molar-refractivity contribution in [1.82, 2.24) is 24.5 Å². The number of rotatable bonds is 4. The molecule has 7 heteroatoms. The van der Waals surface area contributed by atoms with Crippen LogP contribution in [0.2, 0.25) is 5.28 Å². The van der Waals surface area contributed by atoms with Gasteiger partial charge in [0.1, 0.15) is 6.33 Å². The fourth-order valence-electron chi connectivity index (χ4n) is 1.46. The molecule has 108 valence electrons. The van der Waals surface area contributed by atoms with E-state index in [-0.39, 0.29) is 10.7 Å². The van der Waals surface area contributed by atoms with E-state index in [1.54, 1.807) is 23.3 Å². The summed E-state index contributed by atoms with van der Waals surface area (Å²) >= 11 is 5.94. The van der Waals surface area contributed by atoms with E-state index in [0.29, 0.717) is 17.8 Å². The van der Waals surface area contributed by atoms with Gasteiger partial charge in [-0.05, 0) is 22.9 Å². The maximum Gasteiger partial charge on any atom is 0.241 e. The van der Waals surface area contributed by atoms with Gasteiger partial charge in [-0.15, -0.1) is 0 Å². The zero-order valence-electron chi connectivity index (χ0n) is 12.1. The number of hydrogen-bond acceptors (Lipinski definition) is 5. The first-order chi connectivity index (χ1) is 9.36. The molecule has 0 aliphatic rings. The van der Waals surface area contributed by atoms with Gasteiger partial charge in [-0.2, -0.15) is 15.0 Å². The third-order valence-electron chi connectivity index (χ3n) is 3.38. The quantitative estimate of drug-likeness (QED) is 0.939. The molecule has 0 saturated carbocycles. The second-order valence-corrected chi connectivity index (χ2v) is 6.18. The zero-order valence-corrected chi connectivity index (χ0v) is 12.9. The van der Waals surface area contributed by atoms with Crippen molar-refractivity contribution in [2.24, 2.45) is 11.3 Å². The zero-order chi connectivity index (χ0) is 14.8. The van der Waals surface area contributed by atoms with Crippen LogP contribution in [-0.2, 0) is 0 Å². The minimum atomic E-state index is 0.162. The number of nitrogens with zero attached hydrogens (tertiary/aromatic N) is 5. The lowest BCUT2D eigenvalue weighted by atomic mass is 9.82. The van der Waals surface area contributed by atoms with E-state index in [9.17, 15) is 0 Å². The number of nitrogens with one attached hydrogen (secondary N) is 1. The van der Waals surface area contributed by atoms with E-state index in [1.165, 1.54) is 0 Å². The third-order valence-corrected chi connectivity index (χ3v) is 3.55. The summed E-state index contributed by atoms with van der Waals surface area (Å²) in [7, 11) is 0. The second kappa shape index (κ2) is 5.75. The van der Waals surface area contributed by atoms with Crippen molar-refractivity contribution in [2.45, 2.75) is 27.7 Å². The molecule has 0 aliphatic carbocycles. The summed E-state index contributed by atoms with van der Waals surface area (Å²) in [4.78, 5) is 16.5. The van der Waals surface area contributed by atoms with Gasteiger partial charge < -0.3 is 5.32 Å². The second-order valence-electron chi connectivity index (χ2n) is 5.85. The van der Waals surface area contributed by atoms with E-state index >= 15 is 0 Å². The Balaban J connectivity index is 2.13. The highest BCUT2D eigenvalue weighted by molar-refractivity contribution is 6.28. The van der Waals surface area contributed by atoms with Gasteiger partial charge in [0.25, 0.3) is 0 Å². The third kappa shape index (κ3) is 3.66. The highest BCUT2D eigenvalue weighted by atomic mass is 35.5. The Kier molecular flexibility index (Phi) is 4.23. The first kappa shape index (κ1) is 14.7. The molecule has 2 heterocycles. The summed E-state index contributed by atoms with van der Waals surface area (Å²) in [6, 6.07) is 0. The summed E-state index contributed by atoms with van der Waals surface area (Å²) in [6.45, 7) is 9.57. The Morgan fingerprint density at radius 2 is 2.05 bits per heavy atom. The van der Waals surface area contributed by atoms with Crippen LogP contribution < -0.4 is 5.32 Å². The molecule has 0 saturated heterocycles. The van der Waals surface area contributed by atoms with Crippen molar-refractivity contribution in [1.29, 1.82) is 0 Å². The van der Waals surface area contributed by atoms with Gasteiger partial charge in [0.2, 0.25) is 17.2 Å². The summed E-state index contributed by atoms with van der Waals surface area (Å²) in [5.41, 5.74) is 0.219. The SMILES string of the molecule is CC(CNc1nc(Cl)nc(-n2ccnc2)n1)C(C)(C)C. The van der Waals surface area contributed by atoms with Crippen molar-refractivity contribution in [3.8, 4) is 5.95 Å². The van der Waals surface area contributed by atoms with Crippen molar-refractivity contribution in [3.63, 3.8) is 0 Å². The van der Waals surface area contributed by atoms with Crippen LogP contribution in [0, 0.1) is 11.3 Å². The van der Waals surface area contributed by atoms with E-state index in [0.717, 1.165) is 6.54 Å². The maximum atomic E-state index is 5.94. The molecule has 1 unspecified atom stereocenters. The average Bonchev–Trinajstić information content (AvgIpc) is 2.88. The Morgan fingerprint density at radius 3 is 2.65 bits per heavy atom. The molecule has 20 heavy (non-hydrogen) atoms. The molecule has 0 aromatic carbocycles. The highest BCUT2D eigenvalue weighted by Crippen LogP contribution is 2.25. The van der Waals surface area contributed by atoms with Crippen LogP contribution in [0.5, 0.6) is 0 Å². The molecule has 1 N–H and O–H groups in total. The number of imidazole rings is 1. The van der Waals surface area contributed by atoms with Gasteiger partial charge in [-0.25, -0.2) is 4.98 Å². The Morgan fingerprint density at radius 1 is 1.30 bits per heavy atom. The van der Waals surface area contributed by atoms with Crippen LogP contribution in [0.3, 0.4) is 0 Å². The molecule has 2 aromatic heterocycles. The monoisotopic (exact) mass is 294 g/mol. The van der Waals surface area contributed by atoms with Gasteiger partial charge in [0.05, 0.1) is 0 Å². The molecular weight excluding hydrogens is 276 g/mol. The van der Waals surface area contributed by atoms with Gasteiger partial charge >= 0.3 is 0 Å². The molecule has 0 fully saturated rings. The van der Waals surface area contributed by atoms with E-state index in [1.807, 2.05) is 0 Å². The molecule has 2 rings (SSSR count). The van der Waals surface area contributed by atoms with E-state index in [4.69, 9.17) is 11.6 Å². The molecule has 0 amide bonds. The minimum Gasteiger partial charge on any atom is -0.354 e. The minimum absolute atomic E-state index is 0.162. The number of anilines is 1. The molecule has 0 spiro atoms. The maximum absolute atomic E-state index is 5.94. The standard InChI is InChI=1S/C13H19ClN6/c1-9(13(2,3)4)7-16-11-17-10(14)18-12(19-11)20-6-5-15-8-20/h5-6,8-9H,7H2,1-4H3,(H,16,17,18,19). The van der Waals surface area contributed by atoms with Crippen molar-refractivity contribution < 1.29 is 0 Å². The number of hydrogen-bond donors (Lipinski definition) is 1. The molecule has 2 aromatic rings. The van der Waals surface area contributed by atoms with Crippen LogP contribution in [0.1, 0.15) is 27.7 Å². The van der Waals surface area contributed by atoms with Crippen molar-refractivity contribution >= 4 is 17.5 Å². The molecular formula is C13H19ClN6. The molecule has 6 nitrogen and oxygen atoms in total. The number of aromatic nitrogens is 5. The fraction of sp³-hybridized carbons (Fsp3) is 0.538. The normalized spacial score (nSPS) is 13.2. The Bertz CT molecular complexity index is 561. The van der Waals surface area contributed by atoms with E-state index in [2.05, 4.69) is 52.9 Å². The van der Waals surface area contributed by atoms with Crippen LogP contribution >= 0.6 is 11.6 Å². The van der Waals surface area contributed by atoms with Gasteiger partial charge in [-0.3, -0.25) is 4.57 Å². The van der Waals surface area contributed by atoms with Gasteiger partial charge in [-0.1, -0.05) is 27.7 Å². The van der Waals surface area contributed by atoms with Crippen LogP contribution in [0.4, 0.5) is 5.95 Å². The first-order valence-corrected chi connectivity index (χ1v) is 6.88. The number of halogens is 1. The average molecular weight is 295 g/mol. The highest BCUT2D eigenvalue weighted by Gasteiger charge is 2.20. The first-order valence-electron chi connectivity index (χ1n) is 6.50. The molecule has 1 atom stereocenters. The van der Waals surface area contributed by atoms with Crippen molar-refractivity contribution in [3.05, 3.63) is 24.0 Å². The lowest BCUT2D eigenvalue weighted by Crippen LogP contribution is -2.25. The van der Waals surface area contributed by atoms with Crippen LogP contribution in [-0.4, -0.2) is 31.0 Å². The van der Waals surface area contributed by atoms with E-state index < -0.39 is 0 Å². The lowest BCUT2D eigenvalue weighted by molar-refractivity contribution is 0.274. The van der Waals surface area contributed by atoms with Gasteiger partial charge in [0, 0.05) is 18.9 Å². The summed E-state index contributed by atoms with van der Waals surface area (Å²) in [6.07, 6.45) is 5.03. The predicted molar refractivity (Wildman–Crippen MR) is 79.1 cm³/mol. The van der Waals surface area contributed by atoms with Crippen LogP contribution in [0.25, 0.3) is 5.95 Å². The summed E-state index contributed by atoms with van der Waals surface area (Å²) < 4.78 is 1.69. The predicted octanol–water partition coefficient (Wildman–Crippen LogP) is 2.80. The summed E-state index contributed by atoms with van der Waals surface area (Å²) in [5, 5.41) is 3.38. The van der Waals surface area contributed by atoms with Crippen LogP contribution in [0.15, 0.2) is 18.7 Å². The topological polar surface area (TPSA) is 68.5 Å².